The van der Waals surface area contributed by atoms with Crippen molar-refractivity contribution in [1.82, 2.24) is 10.3 Å². The highest BCUT2D eigenvalue weighted by atomic mass is 19.1. The summed E-state index contributed by atoms with van der Waals surface area (Å²) in [5, 5.41) is 3.12. The summed E-state index contributed by atoms with van der Waals surface area (Å²) in [5.74, 6) is -0.649. The van der Waals surface area contributed by atoms with Crippen LogP contribution in [0.3, 0.4) is 0 Å². The Hall–Kier alpha value is -3.81. The van der Waals surface area contributed by atoms with E-state index in [2.05, 4.69) is 15.3 Å². The predicted octanol–water partition coefficient (Wildman–Crippen LogP) is 4.98. The Labute approximate surface area is 201 Å². The first-order chi connectivity index (χ1) is 16.8. The van der Waals surface area contributed by atoms with Gasteiger partial charge in [0.2, 0.25) is 0 Å². The van der Waals surface area contributed by atoms with Crippen LogP contribution in [0.5, 0.6) is 11.5 Å². The largest absolute Gasteiger partial charge is 0.456 e. The van der Waals surface area contributed by atoms with Crippen molar-refractivity contribution in [1.29, 1.82) is 0 Å². The lowest BCUT2D eigenvalue weighted by atomic mass is 9.93. The number of nitrogens with one attached hydrogen (secondary N) is 1. The predicted molar refractivity (Wildman–Crippen MR) is 131 cm³/mol. The lowest BCUT2D eigenvalue weighted by molar-refractivity contribution is 0.0963. The van der Waals surface area contributed by atoms with E-state index >= 15 is 8.78 Å². The van der Waals surface area contributed by atoms with Crippen LogP contribution >= 0.6 is 0 Å². The second-order valence-electron chi connectivity index (χ2n) is 9.22. The Morgan fingerprint density at radius 2 is 2.14 bits per heavy atom. The van der Waals surface area contributed by atoms with Gasteiger partial charge in [-0.3, -0.25) is 14.8 Å². The highest BCUT2D eigenvalue weighted by Crippen LogP contribution is 2.62. The van der Waals surface area contributed by atoms with Crippen molar-refractivity contribution in [2.24, 2.45) is 16.6 Å². The molecular weight excluding hydrogens is 450 g/mol. The van der Waals surface area contributed by atoms with Crippen LogP contribution in [-0.2, 0) is 6.42 Å². The summed E-state index contributed by atoms with van der Waals surface area (Å²) in [5.41, 5.74) is 7.43. The third-order valence-electron chi connectivity index (χ3n) is 7.13. The zero-order valence-electron chi connectivity index (χ0n) is 19.6. The van der Waals surface area contributed by atoms with E-state index in [9.17, 15) is 4.79 Å². The zero-order valence-corrected chi connectivity index (χ0v) is 19.6. The van der Waals surface area contributed by atoms with E-state index in [1.807, 2.05) is 0 Å². The van der Waals surface area contributed by atoms with E-state index in [0.29, 0.717) is 33.7 Å². The lowest BCUT2D eigenvalue weighted by Crippen LogP contribution is -2.19. The number of amides is 1. The molecule has 0 saturated heterocycles. The molecule has 180 valence electrons. The van der Waals surface area contributed by atoms with Gasteiger partial charge in [-0.15, -0.1) is 0 Å². The topological polar surface area (TPSA) is 89.6 Å². The molecule has 2 saturated carbocycles. The zero-order chi connectivity index (χ0) is 24.7. The number of carbonyl (C=O) groups is 1. The summed E-state index contributed by atoms with van der Waals surface area (Å²) in [6.07, 6.45) is 7.89. The molecule has 0 spiro atoms. The van der Waals surface area contributed by atoms with Crippen molar-refractivity contribution in [2.75, 3.05) is 7.05 Å². The normalized spacial score (nSPS) is 21.0. The lowest BCUT2D eigenvalue weighted by Gasteiger charge is -2.20. The third-order valence-corrected chi connectivity index (χ3v) is 7.13. The minimum Gasteiger partial charge on any atom is -0.456 e. The standard InChI is InChI=1S/C27H26F2N4O2/c1-15-24(35-23-6-8-32-22-4-3-17(10-20(22)23)26(34)31-2)11-21(28)19(25(15)29)9-16(13-30)14-33-27-7-5-18(27)12-27/h3-4,6,8,10-11,13-14,18H,5,7,9,12,30H2,1-2H3,(H,31,34)/b16-13-,33-14?. The second-order valence-corrected chi connectivity index (χ2v) is 9.22. The number of aromatic nitrogens is 1. The summed E-state index contributed by atoms with van der Waals surface area (Å²) in [7, 11) is 1.54. The molecule has 2 aliphatic rings. The number of fused-ring (bicyclic) bond motifs is 2. The minimum atomic E-state index is -0.730. The first kappa shape index (κ1) is 23.0. The fourth-order valence-electron chi connectivity index (χ4n) is 4.67. The Morgan fingerprint density at radius 1 is 1.31 bits per heavy atom. The Bertz CT molecular complexity index is 1400. The molecule has 8 heteroatoms. The summed E-state index contributed by atoms with van der Waals surface area (Å²) < 4.78 is 36.3. The first-order valence-corrected chi connectivity index (χ1v) is 11.6. The van der Waals surface area contributed by atoms with E-state index < -0.39 is 11.6 Å². The van der Waals surface area contributed by atoms with Crippen LogP contribution < -0.4 is 15.8 Å². The molecule has 2 aliphatic carbocycles. The monoisotopic (exact) mass is 476 g/mol. The number of nitrogens with zero attached hydrogens (tertiary/aromatic N) is 2. The molecule has 5 rings (SSSR count). The summed E-state index contributed by atoms with van der Waals surface area (Å²) in [4.78, 5) is 21.0. The third kappa shape index (κ3) is 4.13. The summed E-state index contributed by atoms with van der Waals surface area (Å²) in [6.45, 7) is 1.54. The van der Waals surface area contributed by atoms with Crippen molar-refractivity contribution in [3.8, 4) is 11.5 Å². The van der Waals surface area contributed by atoms with Gasteiger partial charge in [0, 0.05) is 54.0 Å². The number of ether oxygens (including phenoxy) is 1. The number of hydrogen-bond donors (Lipinski definition) is 2. The van der Waals surface area contributed by atoms with Crippen LogP contribution in [0.1, 0.15) is 40.7 Å². The number of halogens is 2. The van der Waals surface area contributed by atoms with Gasteiger partial charge in [-0.1, -0.05) is 0 Å². The molecule has 0 radical (unpaired) electrons. The van der Waals surface area contributed by atoms with Gasteiger partial charge in [0.05, 0.1) is 11.1 Å². The van der Waals surface area contributed by atoms with Crippen LogP contribution in [0.15, 0.2) is 53.3 Å². The molecule has 2 unspecified atom stereocenters. The molecule has 3 N–H and O–H groups in total. The molecule has 3 aromatic rings. The number of nitrogens with two attached hydrogens (primary N) is 1. The molecule has 2 fully saturated rings. The first-order valence-electron chi connectivity index (χ1n) is 11.6. The molecule has 0 bridgehead atoms. The number of hydrogen-bond acceptors (Lipinski definition) is 5. The van der Waals surface area contributed by atoms with Crippen LogP contribution in [-0.4, -0.2) is 29.7 Å². The minimum absolute atomic E-state index is 0.00674. The number of carbonyl (C=O) groups excluding carboxylic acids is 1. The molecule has 1 amide bonds. The molecular formula is C27H26F2N4O2. The fourth-order valence-corrected chi connectivity index (χ4v) is 4.67. The maximum atomic E-state index is 15.3. The fraction of sp³-hybridized carbons (Fsp3) is 0.296. The average molecular weight is 477 g/mol. The average Bonchev–Trinajstić information content (AvgIpc) is 3.39. The van der Waals surface area contributed by atoms with Crippen molar-refractivity contribution in [2.45, 2.75) is 38.1 Å². The Morgan fingerprint density at radius 3 is 2.80 bits per heavy atom. The Kier molecular flexibility index (Phi) is 5.75. The van der Waals surface area contributed by atoms with Crippen molar-refractivity contribution in [3.63, 3.8) is 0 Å². The van der Waals surface area contributed by atoms with Gasteiger partial charge in [0.15, 0.2) is 0 Å². The van der Waals surface area contributed by atoms with Crippen molar-refractivity contribution >= 4 is 23.0 Å². The number of pyridine rings is 1. The van der Waals surface area contributed by atoms with Gasteiger partial charge in [-0.2, -0.15) is 0 Å². The van der Waals surface area contributed by atoms with Crippen LogP contribution in [0, 0.1) is 24.5 Å². The van der Waals surface area contributed by atoms with E-state index in [1.165, 1.54) is 38.9 Å². The molecule has 1 heterocycles. The number of benzene rings is 2. The summed E-state index contributed by atoms with van der Waals surface area (Å²) >= 11 is 0. The molecule has 2 aromatic carbocycles. The highest BCUT2D eigenvalue weighted by Gasteiger charge is 2.61. The van der Waals surface area contributed by atoms with Crippen molar-refractivity contribution in [3.05, 3.63) is 76.6 Å². The van der Waals surface area contributed by atoms with Crippen LogP contribution in [0.2, 0.25) is 0 Å². The highest BCUT2D eigenvalue weighted by molar-refractivity contribution is 5.99. The maximum absolute atomic E-state index is 15.3. The Balaban J connectivity index is 1.43. The maximum Gasteiger partial charge on any atom is 0.251 e. The summed E-state index contributed by atoms with van der Waals surface area (Å²) in [6, 6.07) is 7.75. The SMILES string of the molecule is CNC(=O)c1ccc2nccc(Oc3cc(F)c(C/C(C=NC45CCC4C5)=C/N)c(F)c3C)c2c1. The molecule has 6 nitrogen and oxygen atoms in total. The van der Waals surface area contributed by atoms with Gasteiger partial charge in [-0.05, 0) is 68.1 Å². The molecule has 35 heavy (non-hydrogen) atoms. The molecule has 1 aromatic heterocycles. The van der Waals surface area contributed by atoms with E-state index in [0.717, 1.165) is 12.8 Å². The van der Waals surface area contributed by atoms with E-state index in [4.69, 9.17) is 10.5 Å². The van der Waals surface area contributed by atoms with Crippen LogP contribution in [0.4, 0.5) is 8.78 Å². The smallest absolute Gasteiger partial charge is 0.251 e. The van der Waals surface area contributed by atoms with E-state index in [1.54, 1.807) is 30.5 Å². The van der Waals surface area contributed by atoms with Gasteiger partial charge < -0.3 is 15.8 Å². The second kappa shape index (κ2) is 8.76. The molecule has 2 atom stereocenters. The van der Waals surface area contributed by atoms with Crippen LogP contribution in [0.25, 0.3) is 10.9 Å². The van der Waals surface area contributed by atoms with E-state index in [-0.39, 0.29) is 34.7 Å². The van der Waals surface area contributed by atoms with Gasteiger partial charge in [0.25, 0.3) is 5.91 Å². The number of aliphatic imine (C=N–C) groups is 1. The molecule has 0 aliphatic heterocycles. The van der Waals surface area contributed by atoms with Gasteiger partial charge in [-0.25, -0.2) is 8.78 Å². The number of allylic oxidation sites excluding steroid dienone is 1. The van der Waals surface area contributed by atoms with Crippen molar-refractivity contribution < 1.29 is 18.3 Å². The number of rotatable bonds is 7. The quantitative estimate of drug-likeness (QED) is 0.471. The van der Waals surface area contributed by atoms with Gasteiger partial charge >= 0.3 is 0 Å². The van der Waals surface area contributed by atoms with Gasteiger partial charge in [0.1, 0.15) is 23.1 Å².